The number of fused-ring (bicyclic) bond motifs is 1. The first-order valence-electron chi connectivity index (χ1n) is 8.20. The molecule has 0 saturated heterocycles. The van der Waals surface area contributed by atoms with Crippen LogP contribution in [0.1, 0.15) is 5.56 Å². The maximum absolute atomic E-state index is 15.0. The van der Waals surface area contributed by atoms with Gasteiger partial charge in [0.15, 0.2) is 5.43 Å². The second kappa shape index (κ2) is 6.96. The second-order valence-corrected chi connectivity index (χ2v) is 6.51. The van der Waals surface area contributed by atoms with Crippen LogP contribution in [-0.4, -0.2) is 15.0 Å². The van der Waals surface area contributed by atoms with Gasteiger partial charge in [-0.25, -0.2) is 13.8 Å². The summed E-state index contributed by atoms with van der Waals surface area (Å²) in [6.45, 7) is 0. The highest BCUT2D eigenvalue weighted by molar-refractivity contribution is 6.33. The predicted octanol–water partition coefficient (Wildman–Crippen LogP) is 3.75. The molecule has 0 radical (unpaired) electrons. The first-order chi connectivity index (χ1) is 13.9. The third kappa shape index (κ3) is 3.17. The van der Waals surface area contributed by atoms with Gasteiger partial charge in [-0.2, -0.15) is 5.26 Å². The summed E-state index contributed by atoms with van der Waals surface area (Å²) in [6, 6.07) is 9.55. The van der Waals surface area contributed by atoms with E-state index in [0.717, 1.165) is 24.4 Å². The van der Waals surface area contributed by atoms with Crippen LogP contribution in [0.15, 0.2) is 52.2 Å². The van der Waals surface area contributed by atoms with Crippen LogP contribution < -0.4 is 11.0 Å². The third-order valence-electron chi connectivity index (χ3n) is 4.30. The Labute approximate surface area is 166 Å². The Kier molecular flexibility index (Phi) is 4.45. The molecule has 2 aromatic carbocycles. The Morgan fingerprint density at radius 1 is 1.07 bits per heavy atom. The van der Waals surface area contributed by atoms with E-state index in [0.29, 0.717) is 11.1 Å². The number of nitrogens with one attached hydrogen (secondary N) is 2. The molecule has 0 bridgehead atoms. The Morgan fingerprint density at radius 3 is 2.59 bits per heavy atom. The van der Waals surface area contributed by atoms with Crippen molar-refractivity contribution >= 4 is 22.5 Å². The van der Waals surface area contributed by atoms with Crippen molar-refractivity contribution in [2.24, 2.45) is 0 Å². The van der Waals surface area contributed by atoms with E-state index in [2.05, 4.69) is 15.0 Å². The number of benzene rings is 2. The summed E-state index contributed by atoms with van der Waals surface area (Å²) in [4.78, 5) is 32.9. The number of halogens is 3. The van der Waals surface area contributed by atoms with E-state index in [1.54, 1.807) is 0 Å². The average molecular weight is 411 g/mol. The first kappa shape index (κ1) is 18.5. The molecule has 0 aliphatic rings. The van der Waals surface area contributed by atoms with E-state index in [1.165, 1.54) is 18.2 Å². The number of nitriles is 1. The lowest BCUT2D eigenvalue weighted by molar-refractivity contribution is 0.595. The van der Waals surface area contributed by atoms with Crippen molar-refractivity contribution < 1.29 is 8.78 Å². The van der Waals surface area contributed by atoms with Crippen LogP contribution in [-0.2, 0) is 0 Å². The van der Waals surface area contributed by atoms with Crippen molar-refractivity contribution in [3.05, 3.63) is 85.4 Å². The number of rotatable bonds is 2. The maximum Gasteiger partial charge on any atom is 0.251 e. The topological polar surface area (TPSA) is 102 Å². The molecule has 9 heteroatoms. The van der Waals surface area contributed by atoms with Gasteiger partial charge >= 0.3 is 0 Å². The quantitative estimate of drug-likeness (QED) is 0.525. The molecule has 0 saturated carbocycles. The lowest BCUT2D eigenvalue weighted by Gasteiger charge is -2.10. The Balaban J connectivity index is 2.00. The molecular weight excluding hydrogens is 402 g/mol. The second-order valence-electron chi connectivity index (χ2n) is 6.11. The number of pyridine rings is 1. The third-order valence-corrected chi connectivity index (χ3v) is 4.63. The predicted molar refractivity (Wildman–Crippen MR) is 103 cm³/mol. The van der Waals surface area contributed by atoms with E-state index >= 15 is 4.39 Å². The molecule has 0 aliphatic carbocycles. The van der Waals surface area contributed by atoms with Crippen molar-refractivity contribution in [2.75, 3.05) is 0 Å². The smallest absolute Gasteiger partial charge is 0.251 e. The molecule has 0 aliphatic heterocycles. The lowest BCUT2D eigenvalue weighted by atomic mass is 10.0. The fourth-order valence-electron chi connectivity index (χ4n) is 3.00. The number of hydrogen-bond acceptors (Lipinski definition) is 4. The van der Waals surface area contributed by atoms with Crippen LogP contribution in [0.4, 0.5) is 8.78 Å². The zero-order valence-corrected chi connectivity index (χ0v) is 15.1. The first-order valence-corrected chi connectivity index (χ1v) is 8.57. The van der Waals surface area contributed by atoms with E-state index in [9.17, 15) is 14.0 Å². The summed E-state index contributed by atoms with van der Waals surface area (Å²) in [7, 11) is 0. The Bertz CT molecular complexity index is 1450. The minimum atomic E-state index is -1.15. The standard InChI is InChI=1S/C20H9ClF2N4O2/c21-11-2-1-9(8-24)5-10(11)13-7-15(28)18-14(26-13)6-12(22)17(19(18)23)20-25-4-3-16(29)27-20/h1-7H,(H,26,28)(H,25,27,29). The summed E-state index contributed by atoms with van der Waals surface area (Å²) in [5, 5.41) is 8.92. The number of aromatic nitrogens is 3. The molecule has 6 nitrogen and oxygen atoms in total. The van der Waals surface area contributed by atoms with E-state index in [-0.39, 0.29) is 22.1 Å². The van der Waals surface area contributed by atoms with Crippen LogP contribution in [0.5, 0.6) is 0 Å². The van der Waals surface area contributed by atoms with Gasteiger partial charge in [0.1, 0.15) is 17.5 Å². The Morgan fingerprint density at radius 2 is 1.86 bits per heavy atom. The normalized spacial score (nSPS) is 10.8. The van der Waals surface area contributed by atoms with Crippen LogP contribution in [0.3, 0.4) is 0 Å². The van der Waals surface area contributed by atoms with Gasteiger partial charge in [0.25, 0.3) is 5.56 Å². The largest absolute Gasteiger partial charge is 0.354 e. The van der Waals surface area contributed by atoms with Gasteiger partial charge < -0.3 is 9.97 Å². The number of aromatic amines is 2. The van der Waals surface area contributed by atoms with Crippen LogP contribution in [0.25, 0.3) is 33.5 Å². The van der Waals surface area contributed by atoms with E-state index in [1.807, 2.05) is 6.07 Å². The number of nitrogens with zero attached hydrogens (tertiary/aromatic N) is 2. The van der Waals surface area contributed by atoms with E-state index < -0.39 is 33.6 Å². The lowest BCUT2D eigenvalue weighted by Crippen LogP contribution is -2.11. The molecule has 0 fully saturated rings. The van der Waals surface area contributed by atoms with Gasteiger partial charge in [0, 0.05) is 28.9 Å². The van der Waals surface area contributed by atoms with E-state index in [4.69, 9.17) is 16.9 Å². The fraction of sp³-hybridized carbons (Fsp3) is 0. The fourth-order valence-corrected chi connectivity index (χ4v) is 3.22. The van der Waals surface area contributed by atoms with Crippen molar-refractivity contribution in [3.63, 3.8) is 0 Å². The van der Waals surface area contributed by atoms with Gasteiger partial charge in [0.2, 0.25) is 0 Å². The minimum Gasteiger partial charge on any atom is -0.354 e. The molecule has 0 unspecified atom stereocenters. The van der Waals surface area contributed by atoms with Crippen molar-refractivity contribution in [1.29, 1.82) is 5.26 Å². The zero-order valence-electron chi connectivity index (χ0n) is 14.4. The summed E-state index contributed by atoms with van der Waals surface area (Å²) in [6.07, 6.45) is 1.11. The van der Waals surface area contributed by atoms with Gasteiger partial charge in [-0.05, 0) is 24.3 Å². The molecule has 4 rings (SSSR count). The molecule has 4 aromatic rings. The van der Waals surface area contributed by atoms with Crippen molar-refractivity contribution in [1.82, 2.24) is 15.0 Å². The molecule has 0 amide bonds. The minimum absolute atomic E-state index is 0.108. The summed E-state index contributed by atoms with van der Waals surface area (Å²) in [5.41, 5.74) is -1.21. The Hall–Kier alpha value is -3.83. The van der Waals surface area contributed by atoms with Gasteiger partial charge in [0.05, 0.1) is 33.8 Å². The zero-order chi connectivity index (χ0) is 20.7. The summed E-state index contributed by atoms with van der Waals surface area (Å²) in [5.74, 6) is -2.50. The van der Waals surface area contributed by atoms with Gasteiger partial charge in [-0.3, -0.25) is 9.59 Å². The monoisotopic (exact) mass is 410 g/mol. The molecule has 2 heterocycles. The molecule has 0 spiro atoms. The number of H-pyrrole nitrogens is 2. The van der Waals surface area contributed by atoms with Crippen LogP contribution in [0, 0.1) is 23.0 Å². The summed E-state index contributed by atoms with van der Waals surface area (Å²) < 4.78 is 29.7. The summed E-state index contributed by atoms with van der Waals surface area (Å²) >= 11 is 6.15. The molecule has 2 aromatic heterocycles. The van der Waals surface area contributed by atoms with Crippen molar-refractivity contribution in [3.8, 4) is 28.7 Å². The maximum atomic E-state index is 15.0. The molecule has 142 valence electrons. The molecular formula is C20H9ClF2N4O2. The highest BCUT2D eigenvalue weighted by Gasteiger charge is 2.20. The molecule has 2 N–H and O–H groups in total. The van der Waals surface area contributed by atoms with Gasteiger partial charge in [-0.15, -0.1) is 0 Å². The van der Waals surface area contributed by atoms with Crippen molar-refractivity contribution in [2.45, 2.75) is 0 Å². The highest BCUT2D eigenvalue weighted by atomic mass is 35.5. The van der Waals surface area contributed by atoms with Crippen LogP contribution in [0.2, 0.25) is 5.02 Å². The van der Waals surface area contributed by atoms with Gasteiger partial charge in [-0.1, -0.05) is 11.6 Å². The average Bonchev–Trinajstić information content (AvgIpc) is 2.67. The number of hydrogen-bond donors (Lipinski definition) is 2. The van der Waals surface area contributed by atoms with Crippen LogP contribution >= 0.6 is 11.6 Å². The SMILES string of the molecule is N#Cc1ccc(Cl)c(-c2cc(=O)c3c(F)c(-c4nccc(=O)[nH]4)c(F)cc3[nH]2)c1. The highest BCUT2D eigenvalue weighted by Crippen LogP contribution is 2.31. The molecule has 0 atom stereocenters. The molecule has 29 heavy (non-hydrogen) atoms.